The van der Waals surface area contributed by atoms with E-state index < -0.39 is 5.97 Å². The average Bonchev–Trinajstić information content (AvgIpc) is 2.57. The number of carboxylic acid groups (broad SMARTS) is 1. The molecule has 4 nitrogen and oxygen atoms in total. The van der Waals surface area contributed by atoms with Crippen molar-refractivity contribution in [2.45, 2.75) is 39.5 Å². The fraction of sp³-hybridized carbons (Fsp3) is 0.444. The van der Waals surface area contributed by atoms with Gasteiger partial charge < -0.3 is 9.84 Å². The minimum absolute atomic E-state index is 0.190. The van der Waals surface area contributed by atoms with E-state index in [0.29, 0.717) is 27.9 Å². The monoisotopic (exact) mass is 403 g/mol. The summed E-state index contributed by atoms with van der Waals surface area (Å²) in [5.41, 5.74) is 1.79. The highest BCUT2D eigenvalue weighted by Crippen LogP contribution is 2.28. The van der Waals surface area contributed by atoms with Crippen LogP contribution in [-0.2, 0) is 9.53 Å². The number of hydrogen-bond acceptors (Lipinski definition) is 4. The van der Waals surface area contributed by atoms with Gasteiger partial charge in [0.2, 0.25) is 5.90 Å². The molecule has 0 aliphatic heterocycles. The third kappa shape index (κ3) is 7.72. The molecule has 0 saturated carbocycles. The van der Waals surface area contributed by atoms with E-state index in [1.54, 1.807) is 37.0 Å². The van der Waals surface area contributed by atoms with Gasteiger partial charge in [-0.05, 0) is 50.0 Å². The summed E-state index contributed by atoms with van der Waals surface area (Å²) in [6.45, 7) is 4.07. The molecule has 138 valence electrons. The van der Waals surface area contributed by atoms with E-state index in [9.17, 15) is 4.79 Å². The van der Waals surface area contributed by atoms with Crippen LogP contribution in [0.5, 0.6) is 0 Å². The summed E-state index contributed by atoms with van der Waals surface area (Å²) in [5.74, 6) is 0.452. The molecule has 0 saturated heterocycles. The zero-order valence-electron chi connectivity index (χ0n) is 14.6. The van der Waals surface area contributed by atoms with Crippen LogP contribution in [0.2, 0.25) is 10.0 Å². The molecule has 25 heavy (non-hydrogen) atoms. The van der Waals surface area contributed by atoms with Gasteiger partial charge in [-0.15, -0.1) is 0 Å². The molecule has 1 rings (SSSR count). The van der Waals surface area contributed by atoms with Gasteiger partial charge in [0.15, 0.2) is 5.09 Å². The second-order valence-electron chi connectivity index (χ2n) is 5.38. The number of aliphatic carboxylic acids is 1. The number of halogens is 2. The number of carbonyl (C=O) groups is 1. The lowest BCUT2D eigenvalue weighted by Gasteiger charge is -2.15. The first-order valence-electron chi connectivity index (χ1n) is 8.03. The minimum Gasteiger partial charge on any atom is -0.481 e. The largest absolute Gasteiger partial charge is 0.481 e. The van der Waals surface area contributed by atoms with Crippen LogP contribution in [0.15, 0.2) is 33.9 Å². The molecule has 0 unspecified atom stereocenters. The Bertz CT molecular complexity index is 660. The lowest BCUT2D eigenvalue weighted by molar-refractivity contribution is -0.137. The Hall–Kier alpha value is -1.17. The van der Waals surface area contributed by atoms with Gasteiger partial charge in [-0.25, -0.2) is 0 Å². The molecule has 1 aromatic carbocycles. The van der Waals surface area contributed by atoms with Crippen LogP contribution in [-0.4, -0.2) is 29.8 Å². The molecule has 0 aliphatic rings. The molecule has 0 heterocycles. The predicted octanol–water partition coefficient (Wildman–Crippen LogP) is 6.02. The number of aliphatic imine (C=N–C) groups is 1. The van der Waals surface area contributed by atoms with Gasteiger partial charge in [0.25, 0.3) is 0 Å². The summed E-state index contributed by atoms with van der Waals surface area (Å²) >= 11 is 13.8. The molecule has 0 fully saturated rings. The maximum Gasteiger partial charge on any atom is 0.303 e. The number of benzene rings is 1. The summed E-state index contributed by atoms with van der Waals surface area (Å²) in [6, 6.07) is 5.18. The summed E-state index contributed by atoms with van der Waals surface area (Å²) < 4.78 is 6.04. The first-order valence-corrected chi connectivity index (χ1v) is 9.77. The Morgan fingerprint density at radius 3 is 2.60 bits per heavy atom. The van der Waals surface area contributed by atoms with E-state index in [4.69, 9.17) is 33.0 Å². The number of rotatable bonds is 9. The van der Waals surface area contributed by atoms with E-state index in [-0.39, 0.29) is 6.42 Å². The fourth-order valence-electron chi connectivity index (χ4n) is 1.90. The van der Waals surface area contributed by atoms with E-state index in [1.807, 2.05) is 6.92 Å². The maximum atomic E-state index is 10.6. The molecule has 0 atom stereocenters. The lowest BCUT2D eigenvalue weighted by Crippen LogP contribution is -2.08. The first-order chi connectivity index (χ1) is 11.9. The van der Waals surface area contributed by atoms with Crippen LogP contribution < -0.4 is 0 Å². The van der Waals surface area contributed by atoms with Crippen molar-refractivity contribution in [2.24, 2.45) is 4.99 Å². The van der Waals surface area contributed by atoms with Crippen molar-refractivity contribution in [3.63, 3.8) is 0 Å². The first kappa shape index (κ1) is 21.9. The smallest absolute Gasteiger partial charge is 0.303 e. The van der Waals surface area contributed by atoms with Crippen molar-refractivity contribution < 1.29 is 14.6 Å². The molecule has 7 heteroatoms. The molecule has 1 aromatic rings. The van der Waals surface area contributed by atoms with Crippen LogP contribution in [0, 0.1) is 0 Å². The van der Waals surface area contributed by atoms with Gasteiger partial charge in [-0.1, -0.05) is 41.9 Å². The van der Waals surface area contributed by atoms with Crippen molar-refractivity contribution in [1.82, 2.24) is 0 Å². The quantitative estimate of drug-likeness (QED) is 0.237. The number of hydrogen-bond donors (Lipinski definition) is 1. The van der Waals surface area contributed by atoms with Crippen molar-refractivity contribution >= 4 is 46.8 Å². The molecule has 0 amide bonds. The Morgan fingerprint density at radius 1 is 1.32 bits per heavy atom. The number of carboxylic acids is 1. The maximum absolute atomic E-state index is 10.6. The second-order valence-corrected chi connectivity index (χ2v) is 7.29. The molecule has 0 aromatic heterocycles. The standard InChI is InChI=1S/C18H23Cl2NO3S/c1-4-12(2)18(25-10-6-5-7-16(22)23)24-17(21-3)14-9-8-13(19)11-15(14)20/h8-9,11H,4-7,10H2,1-3H3,(H,22,23). The second kappa shape index (κ2) is 11.4. The van der Waals surface area contributed by atoms with Crippen LogP contribution in [0.25, 0.3) is 0 Å². The van der Waals surface area contributed by atoms with E-state index in [2.05, 4.69) is 11.9 Å². The van der Waals surface area contributed by atoms with Crippen LogP contribution in [0.3, 0.4) is 0 Å². The number of unbranched alkanes of at least 4 members (excludes halogenated alkanes) is 1. The number of allylic oxidation sites excluding steroid dienone is 1. The minimum atomic E-state index is -0.764. The molecule has 1 N–H and O–H groups in total. The lowest BCUT2D eigenvalue weighted by atomic mass is 10.2. The highest BCUT2D eigenvalue weighted by atomic mass is 35.5. The summed E-state index contributed by atoms with van der Waals surface area (Å²) in [4.78, 5) is 14.8. The van der Waals surface area contributed by atoms with E-state index in [0.717, 1.165) is 29.3 Å². The van der Waals surface area contributed by atoms with Crippen LogP contribution in [0.1, 0.15) is 45.1 Å². The van der Waals surface area contributed by atoms with Crippen LogP contribution in [0.4, 0.5) is 0 Å². The summed E-state index contributed by atoms with van der Waals surface area (Å²) in [6.07, 6.45) is 2.50. The van der Waals surface area contributed by atoms with Gasteiger partial charge in [0.1, 0.15) is 0 Å². The molecular weight excluding hydrogens is 381 g/mol. The average molecular weight is 404 g/mol. The van der Waals surface area contributed by atoms with E-state index in [1.165, 1.54) is 0 Å². The number of ether oxygens (including phenoxy) is 1. The summed E-state index contributed by atoms with van der Waals surface area (Å²) in [7, 11) is 1.65. The Balaban J connectivity index is 2.81. The fourth-order valence-corrected chi connectivity index (χ4v) is 3.45. The van der Waals surface area contributed by atoms with Gasteiger partial charge in [-0.2, -0.15) is 0 Å². The Labute approximate surface area is 163 Å². The zero-order valence-corrected chi connectivity index (χ0v) is 17.0. The molecular formula is C18H23Cl2NO3S. The van der Waals surface area contributed by atoms with Gasteiger partial charge in [-0.3, -0.25) is 9.79 Å². The molecule has 0 aliphatic carbocycles. The van der Waals surface area contributed by atoms with Crippen molar-refractivity contribution in [1.29, 1.82) is 0 Å². The molecule has 0 spiro atoms. The van der Waals surface area contributed by atoms with Gasteiger partial charge in [0, 0.05) is 24.2 Å². The summed E-state index contributed by atoms with van der Waals surface area (Å²) in [5, 5.41) is 10.5. The van der Waals surface area contributed by atoms with Gasteiger partial charge in [0.05, 0.1) is 10.6 Å². The van der Waals surface area contributed by atoms with E-state index >= 15 is 0 Å². The zero-order chi connectivity index (χ0) is 18.8. The normalized spacial score (nSPS) is 12.8. The number of nitrogens with zero attached hydrogens (tertiary/aromatic N) is 1. The van der Waals surface area contributed by atoms with Crippen molar-refractivity contribution in [3.05, 3.63) is 44.5 Å². The molecule has 0 radical (unpaired) electrons. The third-order valence-electron chi connectivity index (χ3n) is 3.45. The topological polar surface area (TPSA) is 58.9 Å². The Kier molecular flexibility index (Phi) is 10.0. The van der Waals surface area contributed by atoms with Crippen molar-refractivity contribution in [2.75, 3.05) is 12.8 Å². The van der Waals surface area contributed by atoms with Gasteiger partial charge >= 0.3 is 5.97 Å². The Morgan fingerprint density at radius 2 is 2.04 bits per heavy atom. The highest BCUT2D eigenvalue weighted by Gasteiger charge is 2.14. The third-order valence-corrected chi connectivity index (χ3v) is 5.19. The highest BCUT2D eigenvalue weighted by molar-refractivity contribution is 8.02. The number of thioether (sulfide) groups is 1. The van der Waals surface area contributed by atoms with Crippen molar-refractivity contribution in [3.8, 4) is 0 Å². The molecule has 0 bridgehead atoms. The van der Waals surface area contributed by atoms with Crippen LogP contribution >= 0.6 is 35.0 Å². The SMILES string of the molecule is CCC(C)=C(OC(=NC)c1ccc(Cl)cc1Cl)SCCCCC(=O)O. The predicted molar refractivity (Wildman–Crippen MR) is 107 cm³/mol.